The Balaban J connectivity index is 2.02. The van der Waals surface area contributed by atoms with Crippen molar-refractivity contribution >= 4 is 12.0 Å². The van der Waals surface area contributed by atoms with Crippen molar-refractivity contribution in [1.82, 2.24) is 10.8 Å². The van der Waals surface area contributed by atoms with Crippen LogP contribution in [0, 0.1) is 11.8 Å². The lowest BCUT2D eigenvalue weighted by Crippen LogP contribution is -2.37. The van der Waals surface area contributed by atoms with E-state index in [0.29, 0.717) is 12.5 Å². The summed E-state index contributed by atoms with van der Waals surface area (Å²) in [5, 5.41) is 11.0. The van der Waals surface area contributed by atoms with Crippen LogP contribution in [0.1, 0.15) is 39.0 Å². The Labute approximate surface area is 107 Å². The monoisotopic (exact) mass is 258 g/mol. The first-order valence-corrected chi connectivity index (χ1v) is 6.45. The summed E-state index contributed by atoms with van der Waals surface area (Å²) in [6.07, 6.45) is 6.03. The minimum absolute atomic E-state index is 0.486. The molecule has 0 aromatic carbocycles. The Bertz CT molecular complexity index is 283. The van der Waals surface area contributed by atoms with E-state index >= 15 is 0 Å². The molecule has 1 fully saturated rings. The lowest BCUT2D eigenvalue weighted by Gasteiger charge is -2.26. The number of nitrogens with one attached hydrogen (secondary N) is 2. The van der Waals surface area contributed by atoms with Crippen LogP contribution in [0.25, 0.3) is 0 Å². The van der Waals surface area contributed by atoms with E-state index in [1.807, 2.05) is 5.48 Å². The molecule has 2 unspecified atom stereocenters. The fraction of sp³-hybridized carbons (Fsp3) is 0.833. The summed E-state index contributed by atoms with van der Waals surface area (Å²) >= 11 is 0. The van der Waals surface area contributed by atoms with Crippen LogP contribution in [0.4, 0.5) is 4.79 Å². The van der Waals surface area contributed by atoms with Crippen molar-refractivity contribution in [2.45, 2.75) is 39.0 Å². The molecule has 0 aromatic heterocycles. The number of hydrogen-bond donors (Lipinski definition) is 3. The van der Waals surface area contributed by atoms with Gasteiger partial charge in [0.15, 0.2) is 6.61 Å². The Kier molecular flexibility index (Phi) is 6.49. The van der Waals surface area contributed by atoms with E-state index in [0.717, 1.165) is 12.3 Å². The van der Waals surface area contributed by atoms with Crippen LogP contribution in [0.2, 0.25) is 0 Å². The first kappa shape index (κ1) is 14.8. The number of hydroxylamine groups is 1. The van der Waals surface area contributed by atoms with Crippen molar-refractivity contribution < 1.29 is 19.5 Å². The molecule has 0 radical (unpaired) electrons. The second kappa shape index (κ2) is 7.92. The predicted octanol–water partition coefficient (Wildman–Crippen LogP) is 1.52. The maximum Gasteiger partial charge on any atom is 0.338 e. The van der Waals surface area contributed by atoms with Crippen LogP contribution < -0.4 is 10.8 Å². The number of hydrogen-bond acceptors (Lipinski definition) is 3. The van der Waals surface area contributed by atoms with Gasteiger partial charge >= 0.3 is 12.0 Å². The normalized spacial score (nSPS) is 23.4. The second-order valence-corrected chi connectivity index (χ2v) is 4.97. The number of carbonyl (C=O) groups excluding carboxylic acids is 1. The van der Waals surface area contributed by atoms with E-state index in [1.54, 1.807) is 0 Å². The zero-order chi connectivity index (χ0) is 13.4. The van der Waals surface area contributed by atoms with Crippen LogP contribution in [-0.2, 0) is 9.63 Å². The summed E-state index contributed by atoms with van der Waals surface area (Å²) in [6.45, 7) is 2.33. The van der Waals surface area contributed by atoms with E-state index in [1.165, 1.54) is 25.7 Å². The predicted molar refractivity (Wildman–Crippen MR) is 65.9 cm³/mol. The quantitative estimate of drug-likeness (QED) is 0.630. The largest absolute Gasteiger partial charge is 0.479 e. The molecule has 0 spiro atoms. The van der Waals surface area contributed by atoms with Crippen LogP contribution in [0.15, 0.2) is 0 Å². The van der Waals surface area contributed by atoms with Gasteiger partial charge < -0.3 is 10.4 Å². The number of aliphatic carboxylic acids is 1. The summed E-state index contributed by atoms with van der Waals surface area (Å²) in [6, 6.07) is -0.486. The Morgan fingerprint density at radius 3 is 2.83 bits per heavy atom. The summed E-state index contributed by atoms with van der Waals surface area (Å²) in [7, 11) is 0. The number of carboxylic acid groups (broad SMARTS) is 1. The molecule has 1 rings (SSSR count). The summed E-state index contributed by atoms with van der Waals surface area (Å²) < 4.78 is 0. The Hall–Kier alpha value is -1.30. The van der Waals surface area contributed by atoms with Gasteiger partial charge in [0.25, 0.3) is 0 Å². The van der Waals surface area contributed by atoms with Crippen LogP contribution in [-0.4, -0.2) is 30.3 Å². The highest BCUT2D eigenvalue weighted by atomic mass is 16.7. The van der Waals surface area contributed by atoms with Gasteiger partial charge in [-0.15, -0.1) is 0 Å². The maximum absolute atomic E-state index is 11.2. The first-order chi connectivity index (χ1) is 8.58. The molecule has 0 aliphatic heterocycles. The molecule has 104 valence electrons. The molecule has 1 aliphatic rings. The van der Waals surface area contributed by atoms with Crippen molar-refractivity contribution in [2.75, 3.05) is 13.2 Å². The first-order valence-electron chi connectivity index (χ1n) is 6.45. The van der Waals surface area contributed by atoms with Crippen molar-refractivity contribution in [3.05, 3.63) is 0 Å². The molecule has 0 heterocycles. The second-order valence-electron chi connectivity index (χ2n) is 4.97. The Morgan fingerprint density at radius 2 is 2.17 bits per heavy atom. The van der Waals surface area contributed by atoms with E-state index in [2.05, 4.69) is 17.1 Å². The van der Waals surface area contributed by atoms with Crippen LogP contribution >= 0.6 is 0 Å². The molecular formula is C12H22N2O4. The van der Waals surface area contributed by atoms with Gasteiger partial charge in [0.1, 0.15) is 0 Å². The highest BCUT2D eigenvalue weighted by Gasteiger charge is 2.18. The third kappa shape index (κ3) is 6.44. The van der Waals surface area contributed by atoms with Gasteiger partial charge in [0.05, 0.1) is 0 Å². The molecule has 18 heavy (non-hydrogen) atoms. The fourth-order valence-electron chi connectivity index (χ4n) is 2.41. The van der Waals surface area contributed by atoms with Gasteiger partial charge in [-0.2, -0.15) is 0 Å². The topological polar surface area (TPSA) is 87.7 Å². The molecule has 1 saturated carbocycles. The zero-order valence-corrected chi connectivity index (χ0v) is 10.8. The number of urea groups is 1. The molecule has 1 aliphatic carbocycles. The molecule has 0 saturated heterocycles. The van der Waals surface area contributed by atoms with Crippen LogP contribution in [0.3, 0.4) is 0 Å². The van der Waals surface area contributed by atoms with Crippen molar-refractivity contribution in [1.29, 1.82) is 0 Å². The average molecular weight is 258 g/mol. The van der Waals surface area contributed by atoms with Crippen LogP contribution in [0.5, 0.6) is 0 Å². The van der Waals surface area contributed by atoms with E-state index in [-0.39, 0.29) is 0 Å². The van der Waals surface area contributed by atoms with E-state index in [9.17, 15) is 9.59 Å². The van der Waals surface area contributed by atoms with Crippen molar-refractivity contribution in [3.63, 3.8) is 0 Å². The van der Waals surface area contributed by atoms with E-state index < -0.39 is 18.6 Å². The minimum atomic E-state index is -1.12. The highest BCUT2D eigenvalue weighted by molar-refractivity contribution is 5.73. The molecule has 6 heteroatoms. The number of rotatable bonds is 6. The van der Waals surface area contributed by atoms with E-state index in [4.69, 9.17) is 5.11 Å². The molecule has 3 N–H and O–H groups in total. The number of amides is 2. The van der Waals surface area contributed by atoms with Crippen molar-refractivity contribution in [3.8, 4) is 0 Å². The lowest BCUT2D eigenvalue weighted by atomic mass is 9.81. The smallest absolute Gasteiger partial charge is 0.338 e. The third-order valence-electron chi connectivity index (χ3n) is 3.24. The van der Waals surface area contributed by atoms with Crippen molar-refractivity contribution in [2.24, 2.45) is 11.8 Å². The lowest BCUT2D eigenvalue weighted by molar-refractivity contribution is -0.144. The number of carboxylic acids is 1. The summed E-state index contributed by atoms with van der Waals surface area (Å²) in [4.78, 5) is 25.8. The molecule has 0 aromatic rings. The summed E-state index contributed by atoms with van der Waals surface area (Å²) in [5.41, 5.74) is 2.03. The van der Waals surface area contributed by atoms with Gasteiger partial charge in [-0.05, 0) is 24.7 Å². The number of carbonyl (C=O) groups is 2. The van der Waals surface area contributed by atoms with Gasteiger partial charge in [0.2, 0.25) is 0 Å². The molecule has 0 bridgehead atoms. The average Bonchev–Trinajstić information content (AvgIpc) is 2.28. The Morgan fingerprint density at radius 1 is 1.39 bits per heavy atom. The SMILES string of the molecule is CC1CCCC(CCNC(=O)NOCC(=O)O)C1. The maximum atomic E-state index is 11.2. The third-order valence-corrected chi connectivity index (χ3v) is 3.24. The van der Waals surface area contributed by atoms with Gasteiger partial charge in [-0.25, -0.2) is 15.1 Å². The highest BCUT2D eigenvalue weighted by Crippen LogP contribution is 2.30. The molecule has 2 amide bonds. The minimum Gasteiger partial charge on any atom is -0.479 e. The molecule has 2 atom stereocenters. The zero-order valence-electron chi connectivity index (χ0n) is 10.8. The summed E-state index contributed by atoms with van der Waals surface area (Å²) in [5.74, 6) is 0.358. The standard InChI is InChI=1S/C12H22N2O4/c1-9-3-2-4-10(7-9)5-6-13-12(17)14-18-8-11(15)16/h9-10H,2-8H2,1H3,(H,15,16)(H2,13,14,17). The van der Waals surface area contributed by atoms with Gasteiger partial charge in [0, 0.05) is 6.54 Å². The molecule has 6 nitrogen and oxygen atoms in total. The van der Waals surface area contributed by atoms with Gasteiger partial charge in [-0.3, -0.25) is 4.84 Å². The molecular weight excluding hydrogens is 236 g/mol. The fourth-order valence-corrected chi connectivity index (χ4v) is 2.41. The van der Waals surface area contributed by atoms with Gasteiger partial charge in [-0.1, -0.05) is 26.2 Å².